The third-order valence-corrected chi connectivity index (χ3v) is 4.70. The van der Waals surface area contributed by atoms with Crippen molar-refractivity contribution in [3.05, 3.63) is 36.0 Å². The maximum atomic E-state index is 9.94. The molecule has 1 aromatic heterocycles. The zero-order valence-electron chi connectivity index (χ0n) is 15.2. The second-order valence-corrected chi connectivity index (χ2v) is 6.66. The minimum Gasteiger partial charge on any atom is -0.506 e. The summed E-state index contributed by atoms with van der Waals surface area (Å²) in [4.78, 5) is 4.22. The van der Waals surface area contributed by atoms with Crippen LogP contribution in [0, 0.1) is 0 Å². The number of benzene rings is 1. The highest BCUT2D eigenvalue weighted by molar-refractivity contribution is 6.10. The number of aromatic nitrogens is 1. The number of hydrogen-bond acceptors (Lipinski definition) is 4. The van der Waals surface area contributed by atoms with Crippen LogP contribution in [0.5, 0.6) is 5.75 Å². The Labute approximate surface area is 150 Å². The van der Waals surface area contributed by atoms with E-state index < -0.39 is 0 Å². The lowest BCUT2D eigenvalue weighted by molar-refractivity contribution is 0.317. The van der Waals surface area contributed by atoms with Crippen LogP contribution < -0.4 is 0 Å². The van der Waals surface area contributed by atoms with E-state index in [-0.39, 0.29) is 5.75 Å². The lowest BCUT2D eigenvalue weighted by Gasteiger charge is -2.09. The highest BCUT2D eigenvalue weighted by Gasteiger charge is 2.11. The van der Waals surface area contributed by atoms with Crippen molar-refractivity contribution >= 4 is 16.6 Å². The Bertz CT molecular complexity index is 683. The fourth-order valence-corrected chi connectivity index (χ4v) is 3.25. The Hall–Kier alpha value is -2.10. The first kappa shape index (κ1) is 19.2. The third kappa shape index (κ3) is 5.73. The average molecular weight is 342 g/mol. The van der Waals surface area contributed by atoms with Crippen molar-refractivity contribution in [1.82, 2.24) is 4.98 Å². The van der Waals surface area contributed by atoms with E-state index in [9.17, 15) is 10.3 Å². The van der Waals surface area contributed by atoms with E-state index in [4.69, 9.17) is 0 Å². The number of oxime groups is 1. The topological polar surface area (TPSA) is 65.7 Å². The summed E-state index contributed by atoms with van der Waals surface area (Å²) in [5.74, 6) is 0.153. The second-order valence-electron chi connectivity index (χ2n) is 6.66. The Balaban J connectivity index is 1.83. The van der Waals surface area contributed by atoms with Crippen molar-refractivity contribution in [3.63, 3.8) is 0 Å². The summed E-state index contributed by atoms with van der Waals surface area (Å²) in [7, 11) is 0. The quantitative estimate of drug-likeness (QED) is 0.226. The van der Waals surface area contributed by atoms with Gasteiger partial charge in [0.1, 0.15) is 11.3 Å². The standard InChI is InChI=1S/C21H30N2O2/c1-2-3-4-5-6-7-8-9-10-13-19(23-25)17-14-15-20(24)21-18(17)12-11-16-22-21/h11-12,14-16,24-25H,2-10,13H2,1H3/b23-19+. The molecule has 0 aliphatic rings. The van der Waals surface area contributed by atoms with Gasteiger partial charge in [0.05, 0.1) is 5.71 Å². The lowest BCUT2D eigenvalue weighted by atomic mass is 9.98. The normalized spacial score (nSPS) is 12.0. The molecule has 4 nitrogen and oxygen atoms in total. The van der Waals surface area contributed by atoms with Gasteiger partial charge < -0.3 is 10.3 Å². The molecule has 0 amide bonds. The number of rotatable bonds is 11. The number of aromatic hydroxyl groups is 1. The van der Waals surface area contributed by atoms with Crippen molar-refractivity contribution in [2.75, 3.05) is 0 Å². The van der Waals surface area contributed by atoms with Crippen LogP contribution in [0.2, 0.25) is 0 Å². The molecule has 0 spiro atoms. The van der Waals surface area contributed by atoms with Crippen LogP contribution in [0.15, 0.2) is 35.6 Å². The van der Waals surface area contributed by atoms with Gasteiger partial charge in [0, 0.05) is 17.1 Å². The van der Waals surface area contributed by atoms with Crippen molar-refractivity contribution in [2.45, 2.75) is 71.1 Å². The smallest absolute Gasteiger partial charge is 0.141 e. The highest BCUT2D eigenvalue weighted by atomic mass is 16.4. The minimum absolute atomic E-state index is 0.153. The highest BCUT2D eigenvalue weighted by Crippen LogP contribution is 2.27. The second kappa shape index (κ2) is 10.7. The summed E-state index contributed by atoms with van der Waals surface area (Å²) in [6, 6.07) is 7.16. The summed E-state index contributed by atoms with van der Waals surface area (Å²) < 4.78 is 0. The van der Waals surface area contributed by atoms with Crippen LogP contribution in [0.25, 0.3) is 10.9 Å². The number of pyridine rings is 1. The molecule has 2 rings (SSSR count). The van der Waals surface area contributed by atoms with Gasteiger partial charge in [-0.25, -0.2) is 0 Å². The summed E-state index contributed by atoms with van der Waals surface area (Å²) in [6.45, 7) is 2.24. The summed E-state index contributed by atoms with van der Waals surface area (Å²) >= 11 is 0. The van der Waals surface area contributed by atoms with Gasteiger partial charge in [-0.05, 0) is 31.0 Å². The molecule has 2 aromatic rings. The summed E-state index contributed by atoms with van der Waals surface area (Å²) in [5, 5.41) is 23.7. The molecule has 0 atom stereocenters. The third-order valence-electron chi connectivity index (χ3n) is 4.70. The molecule has 0 aliphatic carbocycles. The first-order valence-corrected chi connectivity index (χ1v) is 9.56. The predicted molar refractivity (Wildman–Crippen MR) is 104 cm³/mol. The van der Waals surface area contributed by atoms with Crippen LogP contribution >= 0.6 is 0 Å². The minimum atomic E-state index is 0.153. The molecule has 136 valence electrons. The van der Waals surface area contributed by atoms with Crippen LogP contribution in [-0.4, -0.2) is 21.0 Å². The molecule has 0 saturated heterocycles. The Morgan fingerprint density at radius 3 is 2.32 bits per heavy atom. The van der Waals surface area contributed by atoms with E-state index in [1.165, 1.54) is 44.9 Å². The first-order chi connectivity index (χ1) is 12.3. The van der Waals surface area contributed by atoms with Crippen LogP contribution in [-0.2, 0) is 0 Å². The van der Waals surface area contributed by atoms with Gasteiger partial charge in [-0.15, -0.1) is 0 Å². The van der Waals surface area contributed by atoms with Gasteiger partial charge in [-0.2, -0.15) is 0 Å². The average Bonchev–Trinajstić information content (AvgIpc) is 2.65. The summed E-state index contributed by atoms with van der Waals surface area (Å²) in [5.41, 5.74) is 2.07. The van der Waals surface area contributed by atoms with Gasteiger partial charge >= 0.3 is 0 Å². The summed E-state index contributed by atoms with van der Waals surface area (Å²) in [6.07, 6.45) is 13.8. The van der Waals surface area contributed by atoms with E-state index >= 15 is 0 Å². The van der Waals surface area contributed by atoms with Gasteiger partial charge in [0.15, 0.2) is 0 Å². The van der Waals surface area contributed by atoms with Crippen LogP contribution in [0.1, 0.15) is 76.7 Å². The zero-order valence-corrected chi connectivity index (χ0v) is 15.2. The van der Waals surface area contributed by atoms with Crippen molar-refractivity contribution in [1.29, 1.82) is 0 Å². The molecule has 25 heavy (non-hydrogen) atoms. The van der Waals surface area contributed by atoms with Gasteiger partial charge in [0.2, 0.25) is 0 Å². The fraction of sp³-hybridized carbons (Fsp3) is 0.524. The maximum Gasteiger partial charge on any atom is 0.141 e. The lowest BCUT2D eigenvalue weighted by Crippen LogP contribution is -2.02. The molecular weight excluding hydrogens is 312 g/mol. The first-order valence-electron chi connectivity index (χ1n) is 9.56. The number of hydrogen-bond donors (Lipinski definition) is 2. The fourth-order valence-electron chi connectivity index (χ4n) is 3.25. The molecule has 1 aromatic carbocycles. The Kier molecular flexibility index (Phi) is 8.23. The predicted octanol–water partition coefficient (Wildman–Crippen LogP) is 6.04. The van der Waals surface area contributed by atoms with Gasteiger partial charge in [0.25, 0.3) is 0 Å². The van der Waals surface area contributed by atoms with Crippen LogP contribution in [0.4, 0.5) is 0 Å². The molecule has 4 heteroatoms. The molecular formula is C21H30N2O2. The van der Waals surface area contributed by atoms with E-state index in [1.54, 1.807) is 12.3 Å². The molecule has 2 N–H and O–H groups in total. The zero-order chi connectivity index (χ0) is 17.9. The molecule has 0 unspecified atom stereocenters. The number of nitrogens with zero attached hydrogens (tertiary/aromatic N) is 2. The molecule has 0 fully saturated rings. The van der Waals surface area contributed by atoms with Crippen molar-refractivity contribution in [2.24, 2.45) is 5.16 Å². The maximum absolute atomic E-state index is 9.94. The molecule has 0 radical (unpaired) electrons. The number of phenols is 1. The van der Waals surface area contributed by atoms with Crippen molar-refractivity contribution < 1.29 is 10.3 Å². The van der Waals surface area contributed by atoms with E-state index in [0.717, 1.165) is 30.2 Å². The SMILES string of the molecule is CCCCCCCCCCC/C(=N\O)c1ccc(O)c2ncccc12. The number of unbranched alkanes of at least 4 members (excludes halogenated alkanes) is 8. The number of fused-ring (bicyclic) bond motifs is 1. The van der Waals surface area contributed by atoms with Gasteiger partial charge in [-0.3, -0.25) is 4.98 Å². The molecule has 0 saturated carbocycles. The van der Waals surface area contributed by atoms with Crippen LogP contribution in [0.3, 0.4) is 0 Å². The molecule has 1 heterocycles. The molecule has 0 bridgehead atoms. The Morgan fingerprint density at radius 2 is 1.64 bits per heavy atom. The van der Waals surface area contributed by atoms with E-state index in [2.05, 4.69) is 17.1 Å². The number of phenolic OH excluding ortho intramolecular Hbond substituents is 1. The Morgan fingerprint density at radius 1 is 0.960 bits per heavy atom. The van der Waals surface area contributed by atoms with Gasteiger partial charge in [-0.1, -0.05) is 69.5 Å². The largest absolute Gasteiger partial charge is 0.506 e. The van der Waals surface area contributed by atoms with Crippen molar-refractivity contribution in [3.8, 4) is 5.75 Å². The van der Waals surface area contributed by atoms with E-state index in [1.807, 2.05) is 18.2 Å². The monoisotopic (exact) mass is 342 g/mol. The molecule has 0 aliphatic heterocycles. The van der Waals surface area contributed by atoms with E-state index in [0.29, 0.717) is 11.2 Å².